The Balaban J connectivity index is 1.13. The molecule has 68 heavy (non-hydrogen) atoms. The molecule has 12 rings (SSSR count). The summed E-state index contributed by atoms with van der Waals surface area (Å²) in [6.07, 6.45) is 1.79. The van der Waals surface area contributed by atoms with Crippen LogP contribution in [0.3, 0.4) is 0 Å². The minimum Gasteiger partial charge on any atom is -0.464 e. The Bertz CT molecular complexity index is 3310. The maximum absolute atomic E-state index is 5.95. The van der Waals surface area contributed by atoms with Crippen molar-refractivity contribution in [1.29, 1.82) is 0 Å². The molecule has 2 atom stereocenters. The molecule has 1 heterocycles. The molecule has 0 radical (unpaired) electrons. The van der Waals surface area contributed by atoms with Crippen LogP contribution in [0.5, 0.6) is 0 Å². The second-order valence-electron chi connectivity index (χ2n) is 20.9. The number of furan rings is 1. The maximum atomic E-state index is 5.95. The van der Waals surface area contributed by atoms with Crippen LogP contribution in [0.4, 0.5) is 17.1 Å². The Hall–Kier alpha value is -7.68. The lowest BCUT2D eigenvalue weighted by Gasteiger charge is -2.36. The molecule has 2 aliphatic carbocycles. The molecular weight excluding hydrogens is 823 g/mol. The number of hydrogen-bond acceptors (Lipinski definition) is 2. The lowest BCUT2D eigenvalue weighted by Crippen LogP contribution is -2.29. The van der Waals surface area contributed by atoms with Gasteiger partial charge >= 0.3 is 0 Å². The lowest BCUT2D eigenvalue weighted by atomic mass is 9.67. The summed E-state index contributed by atoms with van der Waals surface area (Å²) in [5.74, 6) is 0. The van der Waals surface area contributed by atoms with Crippen LogP contribution in [0.1, 0.15) is 97.2 Å². The average Bonchev–Trinajstić information content (AvgIpc) is 4.04. The molecule has 1 aromatic heterocycles. The molecule has 2 heteroatoms. The van der Waals surface area contributed by atoms with E-state index in [0.717, 1.165) is 28.0 Å². The zero-order valence-corrected chi connectivity index (χ0v) is 39.7. The molecule has 0 fully saturated rings. The Labute approximate surface area is 401 Å². The number of nitrogens with zero attached hydrogens (tertiary/aromatic N) is 1. The van der Waals surface area contributed by atoms with Gasteiger partial charge in [-0.1, -0.05) is 211 Å². The van der Waals surface area contributed by atoms with Gasteiger partial charge in [-0.2, -0.15) is 0 Å². The molecule has 0 N–H and O–H groups in total. The van der Waals surface area contributed by atoms with Crippen molar-refractivity contribution in [3.63, 3.8) is 0 Å². The highest BCUT2D eigenvalue weighted by Crippen LogP contribution is 2.60. The van der Waals surface area contributed by atoms with E-state index in [0.29, 0.717) is 0 Å². The van der Waals surface area contributed by atoms with Gasteiger partial charge in [0.1, 0.15) is 5.58 Å². The van der Waals surface area contributed by atoms with E-state index < -0.39 is 10.8 Å². The molecule has 10 aromatic rings. The van der Waals surface area contributed by atoms with Crippen molar-refractivity contribution >= 4 is 28.0 Å². The van der Waals surface area contributed by atoms with Crippen LogP contribution in [-0.2, 0) is 21.7 Å². The van der Waals surface area contributed by atoms with Gasteiger partial charge in [-0.05, 0) is 137 Å². The van der Waals surface area contributed by atoms with Gasteiger partial charge in [0.25, 0.3) is 0 Å². The number of fused-ring (bicyclic) bond motifs is 7. The molecule has 330 valence electrons. The van der Waals surface area contributed by atoms with Crippen LogP contribution < -0.4 is 4.90 Å². The Morgan fingerprint density at radius 2 is 0.721 bits per heavy atom. The first-order valence-electron chi connectivity index (χ1n) is 24.1. The predicted molar refractivity (Wildman–Crippen MR) is 283 cm³/mol. The Morgan fingerprint density at radius 1 is 0.338 bits per heavy atom. The summed E-state index contributed by atoms with van der Waals surface area (Å²) in [6, 6.07) is 82.3. The summed E-state index contributed by atoms with van der Waals surface area (Å²) in [5.41, 5.74) is 20.8. The van der Waals surface area contributed by atoms with E-state index in [1.165, 1.54) is 77.9 Å². The third-order valence-corrected chi connectivity index (χ3v) is 15.0. The standard InChI is InChI=1S/C66H55NO/c1-63(2,3)45-25-29-49(30-26-45)65(47-17-9-7-10-18-47)58-23-15-13-21-54(58)56-36-33-52(42-60(56)65)67(51-35-38-62-44(41-51)39-40-68-62)53-34-37-57-55-22-14-16-24-59(55)66(61(57)43-53,48-19-11-8-12-20-48)50-31-27-46(28-32-50)64(4,5)6/h7-43H,1-6H3. The topological polar surface area (TPSA) is 16.4 Å². The average molecular weight is 878 g/mol. The van der Waals surface area contributed by atoms with Crippen molar-refractivity contribution in [3.8, 4) is 22.3 Å². The summed E-state index contributed by atoms with van der Waals surface area (Å²) in [6.45, 7) is 13.8. The molecule has 0 aliphatic heterocycles. The second-order valence-corrected chi connectivity index (χ2v) is 20.9. The van der Waals surface area contributed by atoms with Crippen molar-refractivity contribution < 1.29 is 4.42 Å². The van der Waals surface area contributed by atoms with E-state index in [1.807, 2.05) is 0 Å². The largest absolute Gasteiger partial charge is 0.464 e. The summed E-state index contributed by atoms with van der Waals surface area (Å²) < 4.78 is 5.95. The highest BCUT2D eigenvalue weighted by atomic mass is 16.3. The minimum atomic E-state index is -0.568. The first-order valence-corrected chi connectivity index (χ1v) is 24.1. The van der Waals surface area contributed by atoms with Crippen molar-refractivity contribution in [1.82, 2.24) is 0 Å². The van der Waals surface area contributed by atoms with E-state index in [-0.39, 0.29) is 10.8 Å². The fraction of sp³-hybridized carbons (Fsp3) is 0.152. The van der Waals surface area contributed by atoms with Gasteiger partial charge in [-0.25, -0.2) is 0 Å². The molecule has 0 saturated carbocycles. The van der Waals surface area contributed by atoms with Crippen LogP contribution >= 0.6 is 0 Å². The molecule has 2 unspecified atom stereocenters. The Kier molecular flexibility index (Phi) is 9.47. The van der Waals surface area contributed by atoms with Gasteiger partial charge in [0.05, 0.1) is 17.1 Å². The van der Waals surface area contributed by atoms with E-state index in [2.05, 4.69) is 265 Å². The van der Waals surface area contributed by atoms with E-state index in [9.17, 15) is 0 Å². The minimum absolute atomic E-state index is 0.0267. The third kappa shape index (κ3) is 6.23. The maximum Gasteiger partial charge on any atom is 0.133 e. The van der Waals surface area contributed by atoms with E-state index in [4.69, 9.17) is 4.42 Å². The van der Waals surface area contributed by atoms with Crippen molar-refractivity contribution in [2.45, 2.75) is 63.2 Å². The highest BCUT2D eigenvalue weighted by molar-refractivity contribution is 5.93. The Morgan fingerprint density at radius 3 is 1.18 bits per heavy atom. The molecular formula is C66H55NO. The number of rotatable bonds is 7. The van der Waals surface area contributed by atoms with Crippen molar-refractivity contribution in [2.75, 3.05) is 4.90 Å². The monoisotopic (exact) mass is 877 g/mol. The molecule has 2 aliphatic rings. The van der Waals surface area contributed by atoms with Gasteiger partial charge in [0.2, 0.25) is 0 Å². The number of hydrogen-bond donors (Lipinski definition) is 0. The fourth-order valence-corrected chi connectivity index (χ4v) is 11.7. The summed E-state index contributed by atoms with van der Waals surface area (Å²) in [4.78, 5) is 2.47. The summed E-state index contributed by atoms with van der Waals surface area (Å²) in [5, 5.41) is 1.06. The molecule has 2 nitrogen and oxygen atoms in total. The second kappa shape index (κ2) is 15.4. The smallest absolute Gasteiger partial charge is 0.133 e. The van der Waals surface area contributed by atoms with Crippen LogP contribution in [0.2, 0.25) is 0 Å². The molecule has 9 aromatic carbocycles. The predicted octanol–water partition coefficient (Wildman–Crippen LogP) is 17.2. The van der Waals surface area contributed by atoms with Gasteiger partial charge in [0.15, 0.2) is 0 Å². The van der Waals surface area contributed by atoms with Crippen LogP contribution in [-0.4, -0.2) is 0 Å². The lowest BCUT2D eigenvalue weighted by molar-refractivity contribution is 0.589. The van der Waals surface area contributed by atoms with E-state index >= 15 is 0 Å². The van der Waals surface area contributed by atoms with Crippen molar-refractivity contribution in [3.05, 3.63) is 280 Å². The van der Waals surface area contributed by atoms with Gasteiger partial charge in [-0.15, -0.1) is 0 Å². The zero-order chi connectivity index (χ0) is 46.4. The molecule has 0 amide bonds. The van der Waals surface area contributed by atoms with Gasteiger partial charge < -0.3 is 9.32 Å². The van der Waals surface area contributed by atoms with Crippen LogP contribution in [0.25, 0.3) is 33.2 Å². The summed E-state index contributed by atoms with van der Waals surface area (Å²) in [7, 11) is 0. The number of anilines is 3. The fourth-order valence-electron chi connectivity index (χ4n) is 11.7. The van der Waals surface area contributed by atoms with Crippen LogP contribution in [0, 0.1) is 0 Å². The van der Waals surface area contributed by atoms with E-state index in [1.54, 1.807) is 6.26 Å². The first-order chi connectivity index (χ1) is 33.0. The summed E-state index contributed by atoms with van der Waals surface area (Å²) >= 11 is 0. The highest BCUT2D eigenvalue weighted by Gasteiger charge is 2.48. The molecule has 0 saturated heterocycles. The normalized spacial score (nSPS) is 17.1. The van der Waals surface area contributed by atoms with Gasteiger partial charge in [-0.3, -0.25) is 0 Å². The molecule has 0 spiro atoms. The zero-order valence-electron chi connectivity index (χ0n) is 39.7. The van der Waals surface area contributed by atoms with Crippen LogP contribution in [0.15, 0.2) is 229 Å². The van der Waals surface area contributed by atoms with Gasteiger partial charge in [0, 0.05) is 22.4 Å². The number of benzene rings is 9. The molecule has 0 bridgehead atoms. The third-order valence-electron chi connectivity index (χ3n) is 15.0. The quantitative estimate of drug-likeness (QED) is 0.159. The first kappa shape index (κ1) is 41.7. The SMILES string of the molecule is CC(C)(C)c1ccc(C2(c3ccccc3)c3ccccc3-c3ccc(N(c4ccc5c(c4)C(c4ccccc4)(c4ccc(C(C)(C)C)cc4)c4ccccc4-5)c4ccc5occc5c4)cc32)cc1. The van der Waals surface area contributed by atoms with Crippen molar-refractivity contribution in [2.24, 2.45) is 0 Å².